The fourth-order valence-electron chi connectivity index (χ4n) is 0.324. The first-order chi connectivity index (χ1) is 4.30. The molecule has 1 heterocycles. The Morgan fingerprint density at radius 2 is 2.11 bits per heavy atom. The van der Waals surface area contributed by atoms with Gasteiger partial charge in [0.15, 0.2) is 0 Å². The number of carbonyl (C=O) groups excluding carboxylic acids is 1. The number of urea groups is 1. The summed E-state index contributed by atoms with van der Waals surface area (Å²) in [7, 11) is 1.66. The number of hydrogen-bond acceptors (Lipinski definition) is 2. The molecule has 0 N–H and O–H groups in total. The molecule has 0 spiro atoms. The number of amides is 2. The highest BCUT2D eigenvalue weighted by molar-refractivity contribution is 5.75. The van der Waals surface area contributed by atoms with Crippen molar-refractivity contribution >= 4 is 6.03 Å². The zero-order chi connectivity index (χ0) is 7.28. The SMILES string of the molecule is CC.CN1CN=NC1=O. The number of carbonyl (C=O) groups is 1. The molecule has 1 aliphatic rings. The molecule has 52 valence electrons. The Labute approximate surface area is 54.6 Å². The summed E-state index contributed by atoms with van der Waals surface area (Å²) in [5.74, 6) is 0. The third kappa shape index (κ3) is 2.21. The molecule has 9 heavy (non-hydrogen) atoms. The van der Waals surface area contributed by atoms with Crippen molar-refractivity contribution in [3.05, 3.63) is 0 Å². The second kappa shape index (κ2) is 4.00. The molecule has 0 aromatic heterocycles. The molecule has 0 aromatic carbocycles. The lowest BCUT2D eigenvalue weighted by Gasteiger charge is -1.98. The number of azo groups is 1. The molecule has 0 aromatic rings. The van der Waals surface area contributed by atoms with Crippen LogP contribution in [0.1, 0.15) is 13.8 Å². The molecule has 0 unspecified atom stereocenters. The van der Waals surface area contributed by atoms with Crippen LogP contribution < -0.4 is 0 Å². The fourth-order valence-corrected chi connectivity index (χ4v) is 0.324. The number of nitrogens with zero attached hydrogens (tertiary/aromatic N) is 3. The number of rotatable bonds is 0. The third-order valence-electron chi connectivity index (χ3n) is 0.758. The number of hydrogen-bond donors (Lipinski definition) is 0. The molecule has 0 aliphatic carbocycles. The van der Waals surface area contributed by atoms with Crippen molar-refractivity contribution in [3.8, 4) is 0 Å². The maximum absolute atomic E-state index is 10.2. The minimum atomic E-state index is -0.250. The molecule has 4 nitrogen and oxygen atoms in total. The van der Waals surface area contributed by atoms with Gasteiger partial charge in [-0.1, -0.05) is 19.0 Å². The summed E-state index contributed by atoms with van der Waals surface area (Å²) in [5.41, 5.74) is 0. The summed E-state index contributed by atoms with van der Waals surface area (Å²) in [6, 6.07) is -0.250. The van der Waals surface area contributed by atoms with Gasteiger partial charge in [0.25, 0.3) is 0 Å². The van der Waals surface area contributed by atoms with E-state index in [1.54, 1.807) is 7.05 Å². The third-order valence-corrected chi connectivity index (χ3v) is 0.758. The van der Waals surface area contributed by atoms with Crippen LogP contribution in [-0.2, 0) is 0 Å². The van der Waals surface area contributed by atoms with Crippen molar-refractivity contribution in [2.24, 2.45) is 10.2 Å². The zero-order valence-electron chi connectivity index (χ0n) is 5.96. The molecule has 2 amide bonds. The van der Waals surface area contributed by atoms with Gasteiger partial charge in [-0.05, 0) is 0 Å². The lowest BCUT2D eigenvalue weighted by molar-refractivity contribution is 0.227. The van der Waals surface area contributed by atoms with Crippen molar-refractivity contribution in [2.75, 3.05) is 13.7 Å². The quantitative estimate of drug-likeness (QED) is 0.488. The second-order valence-electron chi connectivity index (χ2n) is 1.36. The predicted molar refractivity (Wildman–Crippen MR) is 34.2 cm³/mol. The van der Waals surface area contributed by atoms with E-state index in [4.69, 9.17) is 0 Å². The van der Waals surface area contributed by atoms with Gasteiger partial charge >= 0.3 is 6.03 Å². The molecule has 0 fully saturated rings. The van der Waals surface area contributed by atoms with Crippen LogP contribution in [0.15, 0.2) is 10.2 Å². The smallest absolute Gasteiger partial charge is 0.303 e. The molecule has 0 atom stereocenters. The first-order valence-electron chi connectivity index (χ1n) is 2.93. The van der Waals surface area contributed by atoms with Crippen LogP contribution in [-0.4, -0.2) is 24.6 Å². The Hall–Kier alpha value is -0.930. The van der Waals surface area contributed by atoms with Crippen LogP contribution >= 0.6 is 0 Å². The minimum Gasteiger partial charge on any atom is -0.303 e. The molecular formula is C5H11N3O. The lowest BCUT2D eigenvalue weighted by atomic mass is 10.8. The summed E-state index contributed by atoms with van der Waals surface area (Å²) >= 11 is 0. The van der Waals surface area contributed by atoms with Crippen molar-refractivity contribution in [3.63, 3.8) is 0 Å². The molecule has 0 bridgehead atoms. The Balaban J connectivity index is 0.000000291. The van der Waals surface area contributed by atoms with Gasteiger partial charge in [0, 0.05) is 7.05 Å². The van der Waals surface area contributed by atoms with E-state index in [1.807, 2.05) is 13.8 Å². The van der Waals surface area contributed by atoms with E-state index in [1.165, 1.54) is 4.90 Å². The maximum atomic E-state index is 10.2. The molecule has 1 rings (SSSR count). The van der Waals surface area contributed by atoms with Crippen LogP contribution in [0.5, 0.6) is 0 Å². The molecule has 0 saturated heterocycles. The van der Waals surface area contributed by atoms with Crippen LogP contribution in [0, 0.1) is 0 Å². The topological polar surface area (TPSA) is 45.0 Å². The normalized spacial score (nSPS) is 15.4. The molecule has 4 heteroatoms. The van der Waals surface area contributed by atoms with E-state index in [0.29, 0.717) is 6.67 Å². The van der Waals surface area contributed by atoms with Gasteiger partial charge in [-0.3, -0.25) is 0 Å². The highest BCUT2D eigenvalue weighted by Gasteiger charge is 2.10. The molecular weight excluding hydrogens is 118 g/mol. The second-order valence-corrected chi connectivity index (χ2v) is 1.36. The molecule has 0 radical (unpaired) electrons. The van der Waals surface area contributed by atoms with Crippen molar-refractivity contribution in [2.45, 2.75) is 13.8 Å². The van der Waals surface area contributed by atoms with Gasteiger partial charge in [-0.2, -0.15) is 5.11 Å². The first kappa shape index (κ1) is 8.07. The van der Waals surface area contributed by atoms with Gasteiger partial charge in [0.1, 0.15) is 6.67 Å². The maximum Gasteiger partial charge on any atom is 0.363 e. The van der Waals surface area contributed by atoms with Crippen molar-refractivity contribution in [1.82, 2.24) is 4.90 Å². The monoisotopic (exact) mass is 129 g/mol. The van der Waals surface area contributed by atoms with Crippen LogP contribution in [0.25, 0.3) is 0 Å². The summed E-state index contributed by atoms with van der Waals surface area (Å²) in [5, 5.41) is 6.68. The van der Waals surface area contributed by atoms with Gasteiger partial charge in [-0.15, -0.1) is 0 Å². The van der Waals surface area contributed by atoms with E-state index in [0.717, 1.165) is 0 Å². The standard InChI is InChI=1S/C3H5N3O.C2H6/c1-6-2-4-5-3(6)7;1-2/h2H2,1H3;1-2H3. The molecule has 0 saturated carbocycles. The van der Waals surface area contributed by atoms with Gasteiger partial charge in [-0.25, -0.2) is 4.79 Å². The summed E-state index contributed by atoms with van der Waals surface area (Å²) in [6.45, 7) is 4.42. The van der Waals surface area contributed by atoms with Crippen LogP contribution in [0.3, 0.4) is 0 Å². The van der Waals surface area contributed by atoms with E-state index in [-0.39, 0.29) is 6.03 Å². The largest absolute Gasteiger partial charge is 0.363 e. The van der Waals surface area contributed by atoms with Gasteiger partial charge in [0.2, 0.25) is 0 Å². The predicted octanol–water partition coefficient (Wildman–Crippen LogP) is 1.49. The Bertz CT molecular complexity index is 121. The minimum absolute atomic E-state index is 0.250. The summed E-state index contributed by atoms with van der Waals surface area (Å²) in [4.78, 5) is 11.7. The van der Waals surface area contributed by atoms with Crippen LogP contribution in [0.4, 0.5) is 4.79 Å². The van der Waals surface area contributed by atoms with E-state index in [2.05, 4.69) is 10.2 Å². The Kier molecular flexibility index (Phi) is 3.59. The van der Waals surface area contributed by atoms with E-state index >= 15 is 0 Å². The lowest BCUT2D eigenvalue weighted by Crippen LogP contribution is -2.17. The van der Waals surface area contributed by atoms with Crippen LogP contribution in [0.2, 0.25) is 0 Å². The van der Waals surface area contributed by atoms with E-state index < -0.39 is 0 Å². The van der Waals surface area contributed by atoms with E-state index in [9.17, 15) is 4.79 Å². The average Bonchev–Trinajstić information content (AvgIpc) is 2.23. The Morgan fingerprint density at radius 1 is 1.56 bits per heavy atom. The van der Waals surface area contributed by atoms with Crippen molar-refractivity contribution < 1.29 is 4.79 Å². The first-order valence-corrected chi connectivity index (χ1v) is 2.93. The van der Waals surface area contributed by atoms with Crippen molar-refractivity contribution in [1.29, 1.82) is 0 Å². The van der Waals surface area contributed by atoms with Gasteiger partial charge < -0.3 is 4.90 Å². The van der Waals surface area contributed by atoms with Gasteiger partial charge in [0.05, 0.1) is 0 Å². The zero-order valence-corrected chi connectivity index (χ0v) is 5.96. The highest BCUT2D eigenvalue weighted by atomic mass is 16.2. The fraction of sp³-hybridized carbons (Fsp3) is 0.800. The average molecular weight is 129 g/mol. The highest BCUT2D eigenvalue weighted by Crippen LogP contribution is 1.97. The Morgan fingerprint density at radius 3 is 2.22 bits per heavy atom. The summed E-state index contributed by atoms with van der Waals surface area (Å²) < 4.78 is 0. The molecule has 1 aliphatic heterocycles. The summed E-state index contributed by atoms with van der Waals surface area (Å²) in [6.07, 6.45) is 0.